The Balaban J connectivity index is 2.19. The summed E-state index contributed by atoms with van der Waals surface area (Å²) in [7, 11) is 0. The minimum absolute atomic E-state index is 0.415. The third-order valence-corrected chi connectivity index (χ3v) is 4.09. The molecule has 16 heavy (non-hydrogen) atoms. The lowest BCUT2D eigenvalue weighted by molar-refractivity contribution is 0.465. The van der Waals surface area contributed by atoms with Gasteiger partial charge in [0.15, 0.2) is 0 Å². The van der Waals surface area contributed by atoms with Crippen LogP contribution in [-0.2, 0) is 0 Å². The van der Waals surface area contributed by atoms with Crippen LogP contribution in [0, 0.1) is 19.3 Å². The number of phenolic OH excluding ortho intramolecular Hbond substituents is 1. The number of rotatable bonds is 3. The highest BCUT2D eigenvalue weighted by Gasteiger charge is 2.42. The lowest BCUT2D eigenvalue weighted by Crippen LogP contribution is -2.25. The highest BCUT2D eigenvalue weighted by atomic mass is 16.3. The summed E-state index contributed by atoms with van der Waals surface area (Å²) in [6, 6.07) is 4.49. The van der Waals surface area contributed by atoms with E-state index in [0.717, 1.165) is 16.8 Å². The van der Waals surface area contributed by atoms with Gasteiger partial charge in [0.05, 0.1) is 0 Å². The third kappa shape index (κ3) is 1.89. The Morgan fingerprint density at radius 2 is 1.94 bits per heavy atom. The summed E-state index contributed by atoms with van der Waals surface area (Å²) < 4.78 is 0. The first-order chi connectivity index (χ1) is 7.44. The summed E-state index contributed by atoms with van der Waals surface area (Å²) in [6.45, 7) is 8.43. The fraction of sp³-hybridized carbons (Fsp3) is 0.571. The molecule has 0 aliphatic heterocycles. The summed E-state index contributed by atoms with van der Waals surface area (Å²) >= 11 is 0. The Labute approximate surface area is 97.7 Å². The number of aromatic hydroxyl groups is 1. The predicted octanol–water partition coefficient (Wildman–Crippen LogP) is 3.61. The van der Waals surface area contributed by atoms with Crippen molar-refractivity contribution >= 4 is 5.69 Å². The fourth-order valence-corrected chi connectivity index (χ4v) is 2.03. The van der Waals surface area contributed by atoms with Crippen molar-refractivity contribution in [2.75, 3.05) is 5.32 Å². The van der Waals surface area contributed by atoms with Gasteiger partial charge in [-0.3, -0.25) is 0 Å². The molecule has 1 saturated carbocycles. The molecule has 1 fully saturated rings. The molecule has 88 valence electrons. The van der Waals surface area contributed by atoms with Crippen LogP contribution in [0.15, 0.2) is 12.1 Å². The Morgan fingerprint density at radius 3 is 2.50 bits per heavy atom. The Hall–Kier alpha value is -1.18. The molecular formula is C14H21NO. The van der Waals surface area contributed by atoms with E-state index < -0.39 is 0 Å². The van der Waals surface area contributed by atoms with Gasteiger partial charge in [-0.1, -0.05) is 13.0 Å². The third-order valence-electron chi connectivity index (χ3n) is 4.09. The maximum Gasteiger partial charge on any atom is 0.123 e. The molecule has 1 atom stereocenters. The quantitative estimate of drug-likeness (QED) is 0.814. The van der Waals surface area contributed by atoms with E-state index in [0.29, 0.717) is 17.2 Å². The number of hydrogen-bond acceptors (Lipinski definition) is 2. The topological polar surface area (TPSA) is 32.3 Å². The van der Waals surface area contributed by atoms with Crippen molar-refractivity contribution in [2.45, 2.75) is 46.6 Å². The normalized spacial score (nSPS) is 19.2. The maximum atomic E-state index is 9.88. The molecule has 0 spiro atoms. The highest BCUT2D eigenvalue weighted by Crippen LogP contribution is 2.49. The van der Waals surface area contributed by atoms with Gasteiger partial charge in [0, 0.05) is 17.3 Å². The standard InChI is InChI=1S/C14H21NO/c1-9-5-6-12(10(2)13(9)16)15-11(3)14(4)7-8-14/h5-6,11,15-16H,7-8H2,1-4H3. The zero-order valence-corrected chi connectivity index (χ0v) is 10.6. The van der Waals surface area contributed by atoms with Gasteiger partial charge in [-0.2, -0.15) is 0 Å². The van der Waals surface area contributed by atoms with Crippen LogP contribution in [0.3, 0.4) is 0 Å². The Bertz CT molecular complexity index is 407. The molecule has 2 nitrogen and oxygen atoms in total. The van der Waals surface area contributed by atoms with Crippen molar-refractivity contribution in [2.24, 2.45) is 5.41 Å². The number of nitrogens with one attached hydrogen (secondary N) is 1. The molecule has 0 heterocycles. The SMILES string of the molecule is Cc1ccc(NC(C)C2(C)CC2)c(C)c1O. The molecule has 0 saturated heterocycles. The van der Waals surface area contributed by atoms with Gasteiger partial charge in [-0.05, 0) is 50.7 Å². The number of aryl methyl sites for hydroxylation is 1. The Morgan fingerprint density at radius 1 is 1.31 bits per heavy atom. The van der Waals surface area contributed by atoms with Crippen molar-refractivity contribution in [3.8, 4) is 5.75 Å². The van der Waals surface area contributed by atoms with Crippen molar-refractivity contribution in [3.05, 3.63) is 23.3 Å². The molecule has 0 amide bonds. The summed E-state index contributed by atoms with van der Waals surface area (Å²) in [5.41, 5.74) is 3.40. The second-order valence-electron chi connectivity index (χ2n) is 5.42. The van der Waals surface area contributed by atoms with E-state index >= 15 is 0 Å². The molecule has 0 radical (unpaired) electrons. The molecule has 2 N–H and O–H groups in total. The second-order valence-corrected chi connectivity index (χ2v) is 5.42. The van der Waals surface area contributed by atoms with Gasteiger partial charge in [-0.15, -0.1) is 0 Å². The lowest BCUT2D eigenvalue weighted by atomic mass is 9.99. The minimum atomic E-state index is 0.415. The molecule has 2 heteroatoms. The zero-order chi connectivity index (χ0) is 11.9. The van der Waals surface area contributed by atoms with Crippen LogP contribution in [0.1, 0.15) is 37.8 Å². The average Bonchev–Trinajstić information content (AvgIpc) is 2.99. The molecule has 1 unspecified atom stereocenters. The van der Waals surface area contributed by atoms with Crippen LogP contribution in [-0.4, -0.2) is 11.1 Å². The smallest absolute Gasteiger partial charge is 0.123 e. The van der Waals surface area contributed by atoms with Crippen molar-refractivity contribution < 1.29 is 5.11 Å². The van der Waals surface area contributed by atoms with Gasteiger partial charge < -0.3 is 10.4 Å². The van der Waals surface area contributed by atoms with Gasteiger partial charge in [0.2, 0.25) is 0 Å². The number of phenols is 1. The summed E-state index contributed by atoms with van der Waals surface area (Å²) in [5.74, 6) is 0.415. The first-order valence-electron chi connectivity index (χ1n) is 6.00. The molecule has 0 aromatic heterocycles. The van der Waals surface area contributed by atoms with E-state index in [-0.39, 0.29) is 0 Å². The second kappa shape index (κ2) is 3.69. The van der Waals surface area contributed by atoms with Crippen LogP contribution in [0.2, 0.25) is 0 Å². The van der Waals surface area contributed by atoms with E-state index in [1.807, 2.05) is 19.9 Å². The zero-order valence-electron chi connectivity index (χ0n) is 10.6. The fourth-order valence-electron chi connectivity index (χ4n) is 2.03. The lowest BCUT2D eigenvalue weighted by Gasteiger charge is -2.23. The van der Waals surface area contributed by atoms with Gasteiger partial charge in [0.1, 0.15) is 5.75 Å². The van der Waals surface area contributed by atoms with E-state index in [2.05, 4.69) is 25.2 Å². The average molecular weight is 219 g/mol. The minimum Gasteiger partial charge on any atom is -0.507 e. The van der Waals surface area contributed by atoms with E-state index in [4.69, 9.17) is 0 Å². The Kier molecular flexibility index (Phi) is 2.61. The molecular weight excluding hydrogens is 198 g/mol. The van der Waals surface area contributed by atoms with E-state index in [9.17, 15) is 5.11 Å². The van der Waals surface area contributed by atoms with Crippen LogP contribution in [0.5, 0.6) is 5.75 Å². The molecule has 0 bridgehead atoms. The largest absolute Gasteiger partial charge is 0.507 e. The summed E-state index contributed by atoms with van der Waals surface area (Å²) in [5, 5.41) is 13.4. The van der Waals surface area contributed by atoms with Crippen LogP contribution < -0.4 is 5.32 Å². The van der Waals surface area contributed by atoms with Gasteiger partial charge in [0.25, 0.3) is 0 Å². The van der Waals surface area contributed by atoms with Crippen LogP contribution in [0.4, 0.5) is 5.69 Å². The number of anilines is 1. The molecule has 1 aliphatic carbocycles. The highest BCUT2D eigenvalue weighted by molar-refractivity contribution is 5.59. The molecule has 1 aromatic carbocycles. The monoisotopic (exact) mass is 219 g/mol. The van der Waals surface area contributed by atoms with Gasteiger partial charge >= 0.3 is 0 Å². The molecule has 2 rings (SSSR count). The van der Waals surface area contributed by atoms with E-state index in [1.54, 1.807) is 0 Å². The summed E-state index contributed by atoms with van der Waals surface area (Å²) in [4.78, 5) is 0. The number of hydrogen-bond donors (Lipinski definition) is 2. The number of benzene rings is 1. The van der Waals surface area contributed by atoms with Crippen LogP contribution >= 0.6 is 0 Å². The molecule has 1 aliphatic rings. The van der Waals surface area contributed by atoms with Crippen molar-refractivity contribution in [1.29, 1.82) is 0 Å². The first-order valence-corrected chi connectivity index (χ1v) is 6.00. The molecule has 1 aromatic rings. The van der Waals surface area contributed by atoms with Gasteiger partial charge in [-0.25, -0.2) is 0 Å². The first kappa shape index (κ1) is 11.3. The maximum absolute atomic E-state index is 9.88. The summed E-state index contributed by atoms with van der Waals surface area (Å²) in [6.07, 6.45) is 2.61. The van der Waals surface area contributed by atoms with Crippen LogP contribution in [0.25, 0.3) is 0 Å². The van der Waals surface area contributed by atoms with Crippen molar-refractivity contribution in [3.63, 3.8) is 0 Å². The predicted molar refractivity (Wildman–Crippen MR) is 68.0 cm³/mol. The van der Waals surface area contributed by atoms with Crippen molar-refractivity contribution in [1.82, 2.24) is 0 Å². The van der Waals surface area contributed by atoms with E-state index in [1.165, 1.54) is 12.8 Å².